The van der Waals surface area contributed by atoms with E-state index in [1.807, 2.05) is 27.7 Å². The third kappa shape index (κ3) is 9.07. The molecule has 0 heterocycles. The van der Waals surface area contributed by atoms with E-state index in [9.17, 15) is 10.2 Å². The first kappa shape index (κ1) is 33.9. The summed E-state index contributed by atoms with van der Waals surface area (Å²) in [5.41, 5.74) is 0.357. The molecule has 0 aromatic heterocycles. The average Bonchev–Trinajstić information content (AvgIpc) is 2.87. The van der Waals surface area contributed by atoms with E-state index < -0.39 is 0 Å². The number of hydrogen-bond donors (Lipinski definition) is 0. The molecule has 1 aliphatic carbocycles. The Morgan fingerprint density at radius 2 is 1.13 bits per heavy atom. The van der Waals surface area contributed by atoms with Gasteiger partial charge in [0.15, 0.2) is 0 Å². The van der Waals surface area contributed by atoms with Gasteiger partial charge in [-0.1, -0.05) is 98.4 Å². The van der Waals surface area contributed by atoms with Crippen LogP contribution in [0.2, 0.25) is 20.1 Å². The van der Waals surface area contributed by atoms with Gasteiger partial charge in [0.2, 0.25) is 0 Å². The SMILES string of the molecule is CC(C)COc1cc(Cl)c(Cl)c(C=N[C@H]2CCCC[C@@H]2N=Cc2c([O-])c(OCC(C)C)cc(Cl)c2Cl)c1[O-].[Co+2]. The normalized spacial score (nSPS) is 17.8. The second-order valence-electron chi connectivity index (χ2n) is 10.2. The molecule has 6 nitrogen and oxygen atoms in total. The molecule has 2 aromatic carbocycles. The Balaban J connectivity index is 0.00000533. The molecular formula is C28H32Cl4CoN2O4. The summed E-state index contributed by atoms with van der Waals surface area (Å²) in [5, 5.41) is 26.7. The molecule has 0 bridgehead atoms. The van der Waals surface area contributed by atoms with Crippen LogP contribution in [0.4, 0.5) is 0 Å². The minimum absolute atomic E-state index is 0. The fourth-order valence-corrected chi connectivity index (χ4v) is 4.73. The van der Waals surface area contributed by atoms with Crippen LogP contribution in [0, 0.1) is 11.8 Å². The van der Waals surface area contributed by atoms with Gasteiger partial charge in [0.05, 0.1) is 45.4 Å². The van der Waals surface area contributed by atoms with Gasteiger partial charge in [0, 0.05) is 23.6 Å². The van der Waals surface area contributed by atoms with Gasteiger partial charge in [-0.3, -0.25) is 9.98 Å². The van der Waals surface area contributed by atoms with Gasteiger partial charge in [-0.2, -0.15) is 0 Å². The van der Waals surface area contributed by atoms with Gasteiger partial charge >= 0.3 is 16.8 Å². The number of halogens is 4. The first-order valence-electron chi connectivity index (χ1n) is 12.7. The van der Waals surface area contributed by atoms with E-state index in [4.69, 9.17) is 55.9 Å². The minimum atomic E-state index is -0.365. The summed E-state index contributed by atoms with van der Waals surface area (Å²) in [5.74, 6) is 0.0267. The van der Waals surface area contributed by atoms with Crippen LogP contribution >= 0.6 is 46.4 Å². The van der Waals surface area contributed by atoms with Crippen LogP contribution in [-0.2, 0) is 16.8 Å². The van der Waals surface area contributed by atoms with E-state index in [2.05, 4.69) is 9.98 Å². The number of aliphatic imine (C=N–C) groups is 2. The Morgan fingerprint density at radius 1 is 0.769 bits per heavy atom. The van der Waals surface area contributed by atoms with Crippen LogP contribution in [0.25, 0.3) is 0 Å². The van der Waals surface area contributed by atoms with Crippen LogP contribution in [0.15, 0.2) is 22.1 Å². The zero-order valence-electron chi connectivity index (χ0n) is 22.2. The van der Waals surface area contributed by atoms with Gasteiger partial charge < -0.3 is 19.7 Å². The van der Waals surface area contributed by atoms with E-state index in [0.717, 1.165) is 25.7 Å². The topological polar surface area (TPSA) is 89.3 Å². The quantitative estimate of drug-likeness (QED) is 0.249. The Bertz CT molecular complexity index is 1100. The molecule has 0 spiro atoms. The average molecular weight is 661 g/mol. The van der Waals surface area contributed by atoms with Crippen molar-refractivity contribution in [2.24, 2.45) is 21.8 Å². The van der Waals surface area contributed by atoms with Gasteiger partial charge in [-0.25, -0.2) is 0 Å². The third-order valence-corrected chi connectivity index (χ3v) is 7.58. The predicted molar refractivity (Wildman–Crippen MR) is 154 cm³/mol. The largest absolute Gasteiger partial charge is 2.00 e. The first-order chi connectivity index (χ1) is 18.0. The van der Waals surface area contributed by atoms with Crippen LogP contribution in [0.3, 0.4) is 0 Å². The molecule has 11 heteroatoms. The van der Waals surface area contributed by atoms with Gasteiger partial charge in [-0.05, 0) is 36.8 Å². The van der Waals surface area contributed by atoms with Crippen LogP contribution < -0.4 is 19.7 Å². The molecule has 1 saturated carbocycles. The van der Waals surface area contributed by atoms with Crippen molar-refractivity contribution < 1.29 is 36.5 Å². The van der Waals surface area contributed by atoms with Crippen LogP contribution in [0.5, 0.6) is 23.0 Å². The summed E-state index contributed by atoms with van der Waals surface area (Å²) < 4.78 is 11.3. The summed E-state index contributed by atoms with van der Waals surface area (Å²) >= 11 is 25.3. The van der Waals surface area contributed by atoms with Crippen LogP contribution in [-0.4, -0.2) is 37.7 Å². The Labute approximate surface area is 260 Å². The fraction of sp³-hybridized carbons (Fsp3) is 0.500. The van der Waals surface area contributed by atoms with Gasteiger partial charge in [0.1, 0.15) is 11.5 Å². The minimum Gasteiger partial charge on any atom is -0.869 e. The van der Waals surface area contributed by atoms with E-state index >= 15 is 0 Å². The Hall–Kier alpha value is -1.35. The van der Waals surface area contributed by atoms with Crippen molar-refractivity contribution in [2.45, 2.75) is 65.5 Å². The molecule has 0 amide bonds. The van der Waals surface area contributed by atoms with Gasteiger partial charge in [0.25, 0.3) is 0 Å². The number of ether oxygens (including phenoxy) is 2. The standard InChI is InChI=1S/C28H34Cl4N2O4.Co/c1-15(2)13-37-23-9-19(29)25(31)17(27(23)35)11-33-21-7-5-6-8-22(21)34-12-18-26(32)20(30)10-24(28(18)36)38-14-16(3)4;/h9-12,15-16,21-22,35-36H,5-8,13-14H2,1-4H3;/q;+2/p-2/t21-,22-;/m0./s1. The Kier molecular flexibility index (Phi) is 13.5. The summed E-state index contributed by atoms with van der Waals surface area (Å²) in [7, 11) is 0. The molecule has 1 fully saturated rings. The second kappa shape index (κ2) is 15.6. The number of nitrogens with zero attached hydrogens (tertiary/aromatic N) is 2. The predicted octanol–water partition coefficient (Wildman–Crippen LogP) is 7.36. The van der Waals surface area contributed by atoms with E-state index in [1.54, 1.807) is 0 Å². The monoisotopic (exact) mass is 659 g/mol. The number of rotatable bonds is 10. The van der Waals surface area contributed by atoms with Crippen molar-refractivity contribution in [3.8, 4) is 23.0 Å². The molecule has 1 aliphatic rings. The molecule has 2 aromatic rings. The smallest absolute Gasteiger partial charge is 0.869 e. The maximum Gasteiger partial charge on any atom is 2.00 e. The molecule has 0 saturated heterocycles. The summed E-state index contributed by atoms with van der Waals surface area (Å²) in [6.07, 6.45) is 6.36. The van der Waals surface area contributed by atoms with E-state index in [0.29, 0.717) is 13.2 Å². The van der Waals surface area contributed by atoms with Crippen molar-refractivity contribution in [3.05, 3.63) is 43.4 Å². The first-order valence-corrected chi connectivity index (χ1v) is 14.2. The summed E-state index contributed by atoms with van der Waals surface area (Å²) in [6.45, 7) is 8.70. The molecule has 0 aliphatic heterocycles. The number of benzene rings is 2. The second-order valence-corrected chi connectivity index (χ2v) is 11.8. The van der Waals surface area contributed by atoms with Crippen molar-refractivity contribution in [2.75, 3.05) is 13.2 Å². The maximum atomic E-state index is 13.0. The molecule has 0 N–H and O–H groups in total. The maximum absolute atomic E-state index is 13.0. The van der Waals surface area contributed by atoms with Crippen LogP contribution in [0.1, 0.15) is 64.5 Å². The fourth-order valence-electron chi connectivity index (χ4n) is 3.95. The number of hydrogen-bond acceptors (Lipinski definition) is 6. The van der Waals surface area contributed by atoms with Crippen molar-refractivity contribution >= 4 is 58.8 Å². The molecule has 3 rings (SSSR count). The van der Waals surface area contributed by atoms with E-state index in [1.165, 1.54) is 24.6 Å². The molecule has 215 valence electrons. The molecule has 39 heavy (non-hydrogen) atoms. The van der Waals surface area contributed by atoms with Crippen molar-refractivity contribution in [1.29, 1.82) is 0 Å². The summed E-state index contributed by atoms with van der Waals surface area (Å²) in [6, 6.07) is 2.43. The van der Waals surface area contributed by atoms with Gasteiger partial charge in [-0.15, -0.1) is 0 Å². The third-order valence-electron chi connectivity index (χ3n) is 5.97. The van der Waals surface area contributed by atoms with Crippen molar-refractivity contribution in [3.63, 3.8) is 0 Å². The summed E-state index contributed by atoms with van der Waals surface area (Å²) in [4.78, 5) is 9.35. The zero-order valence-corrected chi connectivity index (χ0v) is 26.3. The molecule has 2 atom stereocenters. The molecular weight excluding hydrogens is 629 g/mol. The van der Waals surface area contributed by atoms with E-state index in [-0.39, 0.29) is 94.9 Å². The zero-order chi connectivity index (χ0) is 28.0. The molecule has 1 radical (unpaired) electrons. The molecule has 0 unspecified atom stereocenters. The van der Waals surface area contributed by atoms with Crippen molar-refractivity contribution in [1.82, 2.24) is 0 Å². The Morgan fingerprint density at radius 3 is 1.46 bits per heavy atom.